The third kappa shape index (κ3) is 4.20. The molecule has 1 saturated heterocycles. The van der Waals surface area contributed by atoms with Crippen LogP contribution in [0.5, 0.6) is 17.2 Å². The summed E-state index contributed by atoms with van der Waals surface area (Å²) in [4.78, 5) is 2.26. The molecule has 6 heteroatoms. The fraction of sp³-hybridized carbons (Fsp3) is 0.478. The molecule has 0 saturated carbocycles. The zero-order valence-electron chi connectivity index (χ0n) is 17.0. The average molecular weight is 399 g/mol. The Morgan fingerprint density at radius 2 is 1.72 bits per heavy atom. The highest BCUT2D eigenvalue weighted by molar-refractivity contribution is 5.43. The van der Waals surface area contributed by atoms with Gasteiger partial charge in [-0.25, -0.2) is 0 Å². The quantitative estimate of drug-likeness (QED) is 0.805. The van der Waals surface area contributed by atoms with Crippen molar-refractivity contribution in [2.75, 3.05) is 33.9 Å². The van der Waals surface area contributed by atoms with Crippen LogP contribution in [0.1, 0.15) is 42.6 Å². The van der Waals surface area contributed by atoms with Gasteiger partial charge in [-0.1, -0.05) is 12.1 Å². The summed E-state index contributed by atoms with van der Waals surface area (Å²) in [6, 6.07) is 13.2. The van der Waals surface area contributed by atoms with Crippen LogP contribution in [0.25, 0.3) is 0 Å². The lowest BCUT2D eigenvalue weighted by Gasteiger charge is -2.46. The number of β-amino-alcohol motifs (C(OH)–C–C–N with tert-alkyl or cyclic N) is 1. The van der Waals surface area contributed by atoms with Crippen LogP contribution in [-0.2, 0) is 0 Å². The van der Waals surface area contributed by atoms with Crippen molar-refractivity contribution in [2.24, 2.45) is 0 Å². The van der Waals surface area contributed by atoms with Crippen LogP contribution < -0.4 is 14.2 Å². The highest BCUT2D eigenvalue weighted by atomic mass is 16.5. The minimum absolute atomic E-state index is 0.345. The molecule has 2 atom stereocenters. The van der Waals surface area contributed by atoms with E-state index in [9.17, 15) is 10.2 Å². The molecule has 2 aromatic carbocycles. The number of aliphatic hydroxyl groups is 2. The summed E-state index contributed by atoms with van der Waals surface area (Å²) in [7, 11) is 3.25. The molecule has 2 heterocycles. The van der Waals surface area contributed by atoms with Gasteiger partial charge in [0.05, 0.1) is 26.4 Å². The molecule has 6 nitrogen and oxygen atoms in total. The molecule has 2 aromatic rings. The van der Waals surface area contributed by atoms with E-state index in [1.54, 1.807) is 14.2 Å². The fourth-order valence-corrected chi connectivity index (χ4v) is 4.37. The van der Waals surface area contributed by atoms with Gasteiger partial charge < -0.3 is 29.3 Å². The van der Waals surface area contributed by atoms with E-state index >= 15 is 0 Å². The number of hydrogen-bond acceptors (Lipinski definition) is 6. The van der Waals surface area contributed by atoms with E-state index < -0.39 is 12.2 Å². The van der Waals surface area contributed by atoms with Crippen molar-refractivity contribution < 1.29 is 24.4 Å². The van der Waals surface area contributed by atoms with Gasteiger partial charge in [-0.05, 0) is 48.7 Å². The van der Waals surface area contributed by atoms with Crippen molar-refractivity contribution in [1.29, 1.82) is 0 Å². The van der Waals surface area contributed by atoms with Gasteiger partial charge in [-0.3, -0.25) is 0 Å². The van der Waals surface area contributed by atoms with Crippen LogP contribution in [0.15, 0.2) is 42.5 Å². The Morgan fingerprint density at radius 1 is 1.07 bits per heavy atom. The minimum Gasteiger partial charge on any atom is -0.497 e. The smallest absolute Gasteiger partial charge is 0.126 e. The number of hydrogen-bond donors (Lipinski definition) is 2. The van der Waals surface area contributed by atoms with Gasteiger partial charge in [0.15, 0.2) is 0 Å². The van der Waals surface area contributed by atoms with Gasteiger partial charge in [0, 0.05) is 31.6 Å². The molecular formula is C23H29NO5. The summed E-state index contributed by atoms with van der Waals surface area (Å²) in [5.74, 6) is 2.26. The third-order valence-electron chi connectivity index (χ3n) is 6.17. The number of fused-ring (bicyclic) bond motifs is 1. The molecule has 4 rings (SSSR count). The molecule has 2 aliphatic heterocycles. The molecule has 0 unspecified atom stereocenters. The summed E-state index contributed by atoms with van der Waals surface area (Å²) in [6.45, 7) is 2.23. The topological polar surface area (TPSA) is 71.4 Å². The molecule has 156 valence electrons. The maximum atomic E-state index is 10.7. The van der Waals surface area contributed by atoms with Crippen LogP contribution in [0, 0.1) is 0 Å². The van der Waals surface area contributed by atoms with Crippen molar-refractivity contribution in [3.05, 3.63) is 53.6 Å². The van der Waals surface area contributed by atoms with E-state index in [-0.39, 0.29) is 5.60 Å². The molecule has 0 bridgehead atoms. The highest BCUT2D eigenvalue weighted by Gasteiger charge is 2.43. The van der Waals surface area contributed by atoms with Gasteiger partial charge in [-0.15, -0.1) is 0 Å². The predicted octanol–water partition coefficient (Wildman–Crippen LogP) is 3.09. The molecule has 1 spiro atoms. The molecule has 0 amide bonds. The van der Waals surface area contributed by atoms with E-state index in [1.807, 2.05) is 42.5 Å². The number of ether oxygens (including phenoxy) is 3. The Balaban J connectivity index is 1.37. The van der Waals surface area contributed by atoms with Crippen LogP contribution in [0.4, 0.5) is 0 Å². The van der Waals surface area contributed by atoms with E-state index in [0.29, 0.717) is 13.0 Å². The third-order valence-corrected chi connectivity index (χ3v) is 6.17. The van der Waals surface area contributed by atoms with E-state index in [0.717, 1.165) is 54.3 Å². The number of rotatable bonds is 5. The second-order valence-corrected chi connectivity index (χ2v) is 8.00. The van der Waals surface area contributed by atoms with Crippen LogP contribution in [-0.4, -0.2) is 54.6 Å². The van der Waals surface area contributed by atoms with Gasteiger partial charge in [0.25, 0.3) is 0 Å². The zero-order chi connectivity index (χ0) is 20.4. The Hall–Kier alpha value is -2.28. The van der Waals surface area contributed by atoms with Gasteiger partial charge in [-0.2, -0.15) is 0 Å². The van der Waals surface area contributed by atoms with E-state index in [2.05, 4.69) is 4.90 Å². The summed E-state index contributed by atoms with van der Waals surface area (Å²) in [5.41, 5.74) is 1.34. The maximum absolute atomic E-state index is 10.7. The number of piperidine rings is 1. The van der Waals surface area contributed by atoms with Crippen molar-refractivity contribution in [2.45, 2.75) is 37.1 Å². The Bertz CT molecular complexity index is 830. The minimum atomic E-state index is -0.551. The molecule has 1 fully saturated rings. The molecule has 2 aliphatic rings. The normalized spacial score (nSPS) is 21.9. The molecule has 0 aromatic heterocycles. The lowest BCUT2D eigenvalue weighted by Crippen LogP contribution is -2.51. The molecule has 0 radical (unpaired) electrons. The molecular weight excluding hydrogens is 370 g/mol. The van der Waals surface area contributed by atoms with Gasteiger partial charge in [0.2, 0.25) is 0 Å². The number of nitrogens with zero attached hydrogens (tertiary/aromatic N) is 1. The summed E-state index contributed by atoms with van der Waals surface area (Å²) in [5, 5.41) is 21.3. The second kappa shape index (κ2) is 8.22. The number of likely N-dealkylation sites (tertiary alicyclic amines) is 1. The lowest BCUT2D eigenvalue weighted by molar-refractivity contribution is -0.0588. The van der Waals surface area contributed by atoms with Crippen molar-refractivity contribution in [3.8, 4) is 17.2 Å². The second-order valence-electron chi connectivity index (χ2n) is 8.00. The lowest BCUT2D eigenvalue weighted by atomic mass is 9.81. The number of aliphatic hydroxyl groups excluding tert-OH is 2. The monoisotopic (exact) mass is 399 g/mol. The van der Waals surface area contributed by atoms with Crippen molar-refractivity contribution in [1.82, 2.24) is 4.90 Å². The Morgan fingerprint density at radius 3 is 2.38 bits per heavy atom. The van der Waals surface area contributed by atoms with Crippen LogP contribution >= 0.6 is 0 Å². The van der Waals surface area contributed by atoms with Gasteiger partial charge in [0.1, 0.15) is 22.8 Å². The maximum Gasteiger partial charge on any atom is 0.126 e. The first-order chi connectivity index (χ1) is 14.0. The van der Waals surface area contributed by atoms with E-state index in [4.69, 9.17) is 14.2 Å². The molecule has 2 N–H and O–H groups in total. The van der Waals surface area contributed by atoms with E-state index in [1.165, 1.54) is 0 Å². The highest BCUT2D eigenvalue weighted by Crippen LogP contribution is 2.45. The Kier molecular flexibility index (Phi) is 5.67. The first kappa shape index (κ1) is 20.0. The van der Waals surface area contributed by atoms with Crippen molar-refractivity contribution >= 4 is 0 Å². The van der Waals surface area contributed by atoms with Gasteiger partial charge >= 0.3 is 0 Å². The SMILES string of the molecule is COc1ccc([C@H](O)CN2CCC3(CC2)C[C@@H](O)c2cc(OC)ccc2O3)cc1. The van der Waals surface area contributed by atoms with Crippen LogP contribution in [0.2, 0.25) is 0 Å². The summed E-state index contributed by atoms with van der Waals surface area (Å²) < 4.78 is 16.8. The number of methoxy groups -OCH3 is 2. The predicted molar refractivity (Wildman–Crippen MR) is 110 cm³/mol. The molecule has 29 heavy (non-hydrogen) atoms. The zero-order valence-corrected chi connectivity index (χ0v) is 17.0. The summed E-state index contributed by atoms with van der Waals surface area (Å²) in [6.07, 6.45) is 1.14. The standard InChI is InChI=1S/C23H29NO5/c1-27-17-5-3-16(4-6-17)21(26)15-24-11-9-23(10-12-24)14-20(25)19-13-18(28-2)7-8-22(19)29-23/h3-8,13,20-21,25-26H,9-12,14-15H2,1-2H3/t20-,21-/m1/s1. The largest absolute Gasteiger partial charge is 0.497 e. The number of benzene rings is 2. The molecule has 0 aliphatic carbocycles. The fourth-order valence-electron chi connectivity index (χ4n) is 4.37. The Labute approximate surface area is 171 Å². The average Bonchev–Trinajstić information content (AvgIpc) is 2.75. The first-order valence-corrected chi connectivity index (χ1v) is 10.1. The van der Waals surface area contributed by atoms with Crippen molar-refractivity contribution in [3.63, 3.8) is 0 Å². The van der Waals surface area contributed by atoms with Crippen LogP contribution in [0.3, 0.4) is 0 Å². The first-order valence-electron chi connectivity index (χ1n) is 10.1. The summed E-state index contributed by atoms with van der Waals surface area (Å²) >= 11 is 0.